The molecule has 2 aliphatic heterocycles. The SMILES string of the molecule is O=C1CCC(CNC2CCCOc3cc(Br)ccc32)N1. The van der Waals surface area contributed by atoms with Gasteiger partial charge in [-0.3, -0.25) is 4.79 Å². The zero-order chi connectivity index (χ0) is 13.9. The molecule has 2 N–H and O–H groups in total. The monoisotopic (exact) mass is 338 g/mol. The van der Waals surface area contributed by atoms with Crippen molar-refractivity contribution >= 4 is 21.8 Å². The largest absolute Gasteiger partial charge is 0.493 e. The molecule has 2 atom stereocenters. The molecule has 0 aliphatic carbocycles. The van der Waals surface area contributed by atoms with E-state index in [2.05, 4.69) is 38.7 Å². The normalized spacial score (nSPS) is 25.6. The first-order chi connectivity index (χ1) is 9.72. The van der Waals surface area contributed by atoms with Crippen molar-refractivity contribution in [2.24, 2.45) is 0 Å². The van der Waals surface area contributed by atoms with E-state index >= 15 is 0 Å². The van der Waals surface area contributed by atoms with Gasteiger partial charge in [0.1, 0.15) is 5.75 Å². The van der Waals surface area contributed by atoms with Crippen molar-refractivity contribution in [2.45, 2.75) is 37.8 Å². The molecule has 2 aliphatic rings. The fraction of sp³-hybridized carbons (Fsp3) is 0.533. The highest BCUT2D eigenvalue weighted by molar-refractivity contribution is 9.10. The Morgan fingerprint density at radius 1 is 1.40 bits per heavy atom. The van der Waals surface area contributed by atoms with E-state index in [0.29, 0.717) is 12.5 Å². The lowest BCUT2D eigenvalue weighted by molar-refractivity contribution is -0.119. The van der Waals surface area contributed by atoms with Gasteiger partial charge >= 0.3 is 0 Å². The number of benzene rings is 1. The van der Waals surface area contributed by atoms with E-state index in [9.17, 15) is 4.79 Å². The Labute approximate surface area is 127 Å². The van der Waals surface area contributed by atoms with Gasteiger partial charge in [0.15, 0.2) is 0 Å². The molecule has 1 amide bonds. The molecule has 1 saturated heterocycles. The summed E-state index contributed by atoms with van der Waals surface area (Å²) in [5, 5.41) is 6.59. The standard InChI is InChI=1S/C15H19BrN2O2/c16-10-3-5-12-13(2-1-7-20-14(12)8-10)17-9-11-4-6-15(19)18-11/h3,5,8,11,13,17H,1-2,4,6-7,9H2,(H,18,19). The lowest BCUT2D eigenvalue weighted by atomic mass is 10.0. The van der Waals surface area contributed by atoms with Crippen LogP contribution < -0.4 is 15.4 Å². The molecule has 1 aromatic rings. The van der Waals surface area contributed by atoms with Crippen LogP contribution in [0.15, 0.2) is 22.7 Å². The molecule has 108 valence electrons. The Morgan fingerprint density at radius 2 is 2.30 bits per heavy atom. The van der Waals surface area contributed by atoms with Crippen molar-refractivity contribution in [3.63, 3.8) is 0 Å². The number of amides is 1. The smallest absolute Gasteiger partial charge is 0.220 e. The van der Waals surface area contributed by atoms with Crippen LogP contribution in [0.4, 0.5) is 0 Å². The second kappa shape index (κ2) is 6.14. The number of ether oxygens (including phenoxy) is 1. The number of rotatable bonds is 3. The molecule has 1 fully saturated rings. The zero-order valence-electron chi connectivity index (χ0n) is 11.3. The summed E-state index contributed by atoms with van der Waals surface area (Å²) in [6, 6.07) is 6.78. The average molecular weight is 339 g/mol. The Kier molecular flexibility index (Phi) is 4.27. The van der Waals surface area contributed by atoms with Gasteiger partial charge in [-0.2, -0.15) is 0 Å². The molecule has 3 rings (SSSR count). The maximum atomic E-state index is 11.2. The molecule has 0 aromatic heterocycles. The number of carbonyl (C=O) groups excluding carboxylic acids is 1. The number of hydrogen-bond acceptors (Lipinski definition) is 3. The van der Waals surface area contributed by atoms with Gasteiger partial charge < -0.3 is 15.4 Å². The number of nitrogens with one attached hydrogen (secondary N) is 2. The van der Waals surface area contributed by atoms with Crippen LogP contribution in [0, 0.1) is 0 Å². The molecular formula is C15H19BrN2O2. The second-order valence-electron chi connectivity index (χ2n) is 5.44. The minimum atomic E-state index is 0.172. The van der Waals surface area contributed by atoms with Crippen molar-refractivity contribution in [3.05, 3.63) is 28.2 Å². The number of carbonyl (C=O) groups is 1. The van der Waals surface area contributed by atoms with Crippen LogP contribution in [0.25, 0.3) is 0 Å². The van der Waals surface area contributed by atoms with Crippen LogP contribution in [-0.2, 0) is 4.79 Å². The van der Waals surface area contributed by atoms with Crippen LogP contribution in [0.3, 0.4) is 0 Å². The van der Waals surface area contributed by atoms with Gasteiger partial charge in [-0.05, 0) is 31.4 Å². The van der Waals surface area contributed by atoms with E-state index in [-0.39, 0.29) is 11.9 Å². The van der Waals surface area contributed by atoms with Crippen molar-refractivity contribution in [2.75, 3.05) is 13.2 Å². The first kappa shape index (κ1) is 13.9. The van der Waals surface area contributed by atoms with Gasteiger partial charge in [0, 0.05) is 35.1 Å². The van der Waals surface area contributed by atoms with Crippen LogP contribution >= 0.6 is 15.9 Å². The maximum absolute atomic E-state index is 11.2. The first-order valence-corrected chi connectivity index (χ1v) is 7.96. The lowest BCUT2D eigenvalue weighted by Crippen LogP contribution is -2.37. The van der Waals surface area contributed by atoms with E-state index in [1.54, 1.807) is 0 Å². The third-order valence-corrected chi connectivity index (χ3v) is 4.43. The summed E-state index contributed by atoms with van der Waals surface area (Å²) in [5.41, 5.74) is 1.22. The third-order valence-electron chi connectivity index (χ3n) is 3.94. The minimum absolute atomic E-state index is 0.172. The van der Waals surface area contributed by atoms with Crippen molar-refractivity contribution in [1.29, 1.82) is 0 Å². The van der Waals surface area contributed by atoms with Crippen LogP contribution in [-0.4, -0.2) is 25.1 Å². The molecule has 4 nitrogen and oxygen atoms in total. The molecule has 0 spiro atoms. The van der Waals surface area contributed by atoms with E-state index in [1.807, 2.05) is 6.07 Å². The third kappa shape index (κ3) is 3.15. The summed E-state index contributed by atoms with van der Waals surface area (Å²) in [4.78, 5) is 11.2. The summed E-state index contributed by atoms with van der Waals surface area (Å²) in [6.07, 6.45) is 3.70. The zero-order valence-corrected chi connectivity index (χ0v) is 12.9. The van der Waals surface area contributed by atoms with Gasteiger partial charge in [-0.25, -0.2) is 0 Å². The van der Waals surface area contributed by atoms with Gasteiger partial charge in [-0.1, -0.05) is 22.0 Å². The fourth-order valence-corrected chi connectivity index (χ4v) is 3.21. The van der Waals surface area contributed by atoms with Gasteiger partial charge in [0.05, 0.1) is 6.61 Å². The molecule has 20 heavy (non-hydrogen) atoms. The molecule has 5 heteroatoms. The highest BCUT2D eigenvalue weighted by Gasteiger charge is 2.24. The Balaban J connectivity index is 1.68. The van der Waals surface area contributed by atoms with E-state index < -0.39 is 0 Å². The average Bonchev–Trinajstić information content (AvgIpc) is 2.74. The second-order valence-corrected chi connectivity index (χ2v) is 6.35. The van der Waals surface area contributed by atoms with Crippen LogP contribution in [0.5, 0.6) is 5.75 Å². The highest BCUT2D eigenvalue weighted by atomic mass is 79.9. The summed E-state index contributed by atoms with van der Waals surface area (Å²) in [6.45, 7) is 1.59. The molecule has 2 unspecified atom stereocenters. The van der Waals surface area contributed by atoms with Gasteiger partial charge in [0.25, 0.3) is 0 Å². The molecule has 0 radical (unpaired) electrons. The van der Waals surface area contributed by atoms with Gasteiger partial charge in [0.2, 0.25) is 5.91 Å². The van der Waals surface area contributed by atoms with Crippen LogP contribution in [0.2, 0.25) is 0 Å². The van der Waals surface area contributed by atoms with E-state index in [0.717, 1.165) is 42.6 Å². The maximum Gasteiger partial charge on any atom is 0.220 e. The molecule has 0 saturated carbocycles. The fourth-order valence-electron chi connectivity index (χ4n) is 2.87. The summed E-state index contributed by atoms with van der Waals surface area (Å²) in [5.74, 6) is 1.13. The lowest BCUT2D eigenvalue weighted by Gasteiger charge is -2.21. The number of fused-ring (bicyclic) bond motifs is 1. The Morgan fingerprint density at radius 3 is 3.10 bits per heavy atom. The molecule has 2 heterocycles. The van der Waals surface area contributed by atoms with Gasteiger partial charge in [-0.15, -0.1) is 0 Å². The Bertz CT molecular complexity index is 507. The quantitative estimate of drug-likeness (QED) is 0.890. The molecule has 1 aromatic carbocycles. The molecular weight excluding hydrogens is 320 g/mol. The summed E-state index contributed by atoms with van der Waals surface area (Å²) in [7, 11) is 0. The number of hydrogen-bond donors (Lipinski definition) is 2. The Hall–Kier alpha value is -1.07. The van der Waals surface area contributed by atoms with E-state index in [1.165, 1.54) is 5.56 Å². The topological polar surface area (TPSA) is 50.4 Å². The number of halogens is 1. The van der Waals surface area contributed by atoms with Crippen LogP contribution in [0.1, 0.15) is 37.3 Å². The first-order valence-electron chi connectivity index (χ1n) is 7.17. The summed E-state index contributed by atoms with van der Waals surface area (Å²) < 4.78 is 6.85. The molecule has 0 bridgehead atoms. The van der Waals surface area contributed by atoms with Crippen molar-refractivity contribution in [1.82, 2.24) is 10.6 Å². The minimum Gasteiger partial charge on any atom is -0.493 e. The predicted octanol–water partition coefficient (Wildman–Crippen LogP) is 2.53. The van der Waals surface area contributed by atoms with E-state index in [4.69, 9.17) is 4.74 Å². The highest BCUT2D eigenvalue weighted by Crippen LogP contribution is 2.33. The van der Waals surface area contributed by atoms with Crippen molar-refractivity contribution < 1.29 is 9.53 Å². The summed E-state index contributed by atoms with van der Waals surface area (Å²) >= 11 is 3.49. The predicted molar refractivity (Wildman–Crippen MR) is 80.8 cm³/mol. The van der Waals surface area contributed by atoms with Crippen molar-refractivity contribution in [3.8, 4) is 5.75 Å².